The molecule has 1 heterocycles. The molecule has 1 amide bonds. The Morgan fingerprint density at radius 3 is 2.67 bits per heavy atom. The van der Waals surface area contributed by atoms with Crippen molar-refractivity contribution in [3.8, 4) is 11.3 Å². The summed E-state index contributed by atoms with van der Waals surface area (Å²) in [5, 5.41) is 7.75. The van der Waals surface area contributed by atoms with Gasteiger partial charge in [0.15, 0.2) is 0 Å². The van der Waals surface area contributed by atoms with Crippen molar-refractivity contribution < 1.29 is 13.6 Å². The van der Waals surface area contributed by atoms with E-state index in [0.717, 1.165) is 0 Å². The first-order valence-electron chi connectivity index (χ1n) is 7.88. The Morgan fingerprint density at radius 2 is 1.89 bits per heavy atom. The number of hydrogen-bond acceptors (Lipinski definition) is 4. The van der Waals surface area contributed by atoms with Gasteiger partial charge in [0.2, 0.25) is 0 Å². The van der Waals surface area contributed by atoms with Gasteiger partial charge >= 0.3 is 0 Å². The van der Waals surface area contributed by atoms with Crippen molar-refractivity contribution in [3.63, 3.8) is 0 Å². The number of carbonyl (C=O) groups excluding carboxylic acids is 1. The van der Waals surface area contributed by atoms with Gasteiger partial charge in [-0.3, -0.25) is 4.79 Å². The van der Waals surface area contributed by atoms with Gasteiger partial charge in [-0.15, -0.1) is 0 Å². The Morgan fingerprint density at radius 1 is 1.11 bits per heavy atom. The fourth-order valence-corrected chi connectivity index (χ4v) is 2.59. The summed E-state index contributed by atoms with van der Waals surface area (Å²) >= 11 is 12.1. The summed E-state index contributed by atoms with van der Waals surface area (Å²) in [6, 6.07) is 14.2. The average Bonchev–Trinajstić information content (AvgIpc) is 3.12. The van der Waals surface area contributed by atoms with E-state index in [1.165, 1.54) is 30.5 Å². The van der Waals surface area contributed by atoms with Crippen LogP contribution in [0.15, 0.2) is 64.1 Å². The van der Waals surface area contributed by atoms with Crippen LogP contribution in [0.2, 0.25) is 10.0 Å². The summed E-state index contributed by atoms with van der Waals surface area (Å²) < 4.78 is 18.4. The zero-order chi connectivity index (χ0) is 19.2. The lowest BCUT2D eigenvalue weighted by molar-refractivity contribution is -0.119. The molecule has 0 radical (unpaired) electrons. The molecule has 0 bridgehead atoms. The van der Waals surface area contributed by atoms with E-state index in [1.807, 2.05) is 0 Å². The van der Waals surface area contributed by atoms with Gasteiger partial charge in [-0.1, -0.05) is 23.2 Å². The predicted molar refractivity (Wildman–Crippen MR) is 105 cm³/mol. The quantitative estimate of drug-likeness (QED) is 0.450. The summed E-state index contributed by atoms with van der Waals surface area (Å²) in [6.07, 6.45) is 1.37. The highest BCUT2D eigenvalue weighted by Gasteiger charge is 2.09. The second-order valence-electron chi connectivity index (χ2n) is 5.48. The molecule has 27 heavy (non-hydrogen) atoms. The Hall–Kier alpha value is -2.83. The molecule has 0 atom stereocenters. The number of anilines is 1. The fourth-order valence-electron chi connectivity index (χ4n) is 2.21. The summed E-state index contributed by atoms with van der Waals surface area (Å²) in [7, 11) is 0. The number of furan rings is 1. The number of nitrogens with zero attached hydrogens (tertiary/aromatic N) is 1. The smallest absolute Gasteiger partial charge is 0.259 e. The lowest BCUT2D eigenvalue weighted by Crippen LogP contribution is -2.25. The topological polar surface area (TPSA) is 66.6 Å². The van der Waals surface area contributed by atoms with Gasteiger partial charge in [0.05, 0.1) is 17.8 Å². The average molecular weight is 406 g/mol. The maximum Gasteiger partial charge on any atom is 0.259 e. The Labute approximate surface area is 164 Å². The summed E-state index contributed by atoms with van der Waals surface area (Å²) in [6.45, 7) is -0.00943. The maximum absolute atomic E-state index is 12.8. The van der Waals surface area contributed by atoms with Crippen molar-refractivity contribution in [1.29, 1.82) is 0 Å². The molecule has 0 saturated carbocycles. The fraction of sp³-hybridized carbons (Fsp3) is 0.0526. The minimum Gasteiger partial charge on any atom is -0.455 e. The first-order chi connectivity index (χ1) is 13.0. The number of nitrogens with one attached hydrogen (secondary N) is 2. The summed E-state index contributed by atoms with van der Waals surface area (Å²) in [5.41, 5.74) is 3.66. The van der Waals surface area contributed by atoms with E-state index in [2.05, 4.69) is 15.8 Å². The van der Waals surface area contributed by atoms with Crippen molar-refractivity contribution >= 4 is 41.0 Å². The van der Waals surface area contributed by atoms with E-state index >= 15 is 0 Å². The third-order valence-electron chi connectivity index (χ3n) is 3.50. The Kier molecular flexibility index (Phi) is 6.11. The van der Waals surface area contributed by atoms with E-state index < -0.39 is 0 Å². The molecule has 2 aromatic carbocycles. The molecule has 8 heteroatoms. The van der Waals surface area contributed by atoms with Gasteiger partial charge in [0, 0.05) is 16.3 Å². The molecule has 0 unspecified atom stereocenters. The van der Waals surface area contributed by atoms with Crippen molar-refractivity contribution in [1.82, 2.24) is 5.43 Å². The number of amides is 1. The van der Waals surface area contributed by atoms with E-state index in [4.69, 9.17) is 27.6 Å². The van der Waals surface area contributed by atoms with Crippen LogP contribution < -0.4 is 10.7 Å². The van der Waals surface area contributed by atoms with Crippen LogP contribution >= 0.6 is 23.2 Å². The minimum absolute atomic E-state index is 0.00943. The molecule has 0 aliphatic carbocycles. The highest BCUT2D eigenvalue weighted by Crippen LogP contribution is 2.31. The third kappa shape index (κ3) is 5.32. The molecule has 138 valence electrons. The van der Waals surface area contributed by atoms with Gasteiger partial charge in [-0.25, -0.2) is 9.82 Å². The standard InChI is InChI=1S/C19H14Cl2FN3O2/c20-12-1-7-17(21)16(9-12)18-8-6-15(27-18)10-24-25-19(26)11-23-14-4-2-13(22)3-5-14/h1-10,23H,11H2,(H,25,26)/b24-10-. The largest absolute Gasteiger partial charge is 0.455 e. The third-order valence-corrected chi connectivity index (χ3v) is 4.06. The minimum atomic E-state index is -0.361. The molecule has 0 fully saturated rings. The zero-order valence-electron chi connectivity index (χ0n) is 13.9. The number of benzene rings is 2. The number of carbonyl (C=O) groups is 1. The molecular weight excluding hydrogens is 392 g/mol. The van der Waals surface area contributed by atoms with Crippen LogP contribution in [0.3, 0.4) is 0 Å². The molecule has 0 saturated heterocycles. The lowest BCUT2D eigenvalue weighted by Gasteiger charge is -2.04. The van der Waals surface area contributed by atoms with Crippen LogP contribution in [-0.2, 0) is 4.79 Å². The van der Waals surface area contributed by atoms with Crippen LogP contribution in [0.4, 0.5) is 10.1 Å². The number of halogens is 3. The molecule has 0 aliphatic heterocycles. The highest BCUT2D eigenvalue weighted by atomic mass is 35.5. The number of hydrazone groups is 1. The Balaban J connectivity index is 1.54. The van der Waals surface area contributed by atoms with Crippen molar-refractivity contribution in [2.75, 3.05) is 11.9 Å². The SMILES string of the molecule is O=C(CNc1ccc(F)cc1)N/N=C\c1ccc(-c2cc(Cl)ccc2Cl)o1. The molecule has 0 spiro atoms. The van der Waals surface area contributed by atoms with E-state index in [-0.39, 0.29) is 18.3 Å². The normalized spacial score (nSPS) is 10.9. The Bertz CT molecular complexity index is 971. The highest BCUT2D eigenvalue weighted by molar-refractivity contribution is 6.35. The van der Waals surface area contributed by atoms with Crippen molar-refractivity contribution in [2.45, 2.75) is 0 Å². The molecule has 3 aromatic rings. The molecular formula is C19H14Cl2FN3O2. The lowest BCUT2D eigenvalue weighted by atomic mass is 10.2. The van der Waals surface area contributed by atoms with E-state index in [1.54, 1.807) is 30.3 Å². The van der Waals surface area contributed by atoms with Gasteiger partial charge in [-0.2, -0.15) is 5.10 Å². The predicted octanol–water partition coefficient (Wildman–Crippen LogP) is 4.95. The van der Waals surface area contributed by atoms with E-state index in [0.29, 0.717) is 32.8 Å². The summed E-state index contributed by atoms with van der Waals surface area (Å²) in [5.74, 6) is 0.271. The van der Waals surface area contributed by atoms with Crippen LogP contribution in [-0.4, -0.2) is 18.7 Å². The molecule has 5 nitrogen and oxygen atoms in total. The van der Waals surface area contributed by atoms with Gasteiger partial charge < -0.3 is 9.73 Å². The monoisotopic (exact) mass is 405 g/mol. The van der Waals surface area contributed by atoms with Crippen LogP contribution in [0.5, 0.6) is 0 Å². The first-order valence-corrected chi connectivity index (χ1v) is 8.63. The van der Waals surface area contributed by atoms with Crippen molar-refractivity contribution in [3.05, 3.63) is 76.2 Å². The zero-order valence-corrected chi connectivity index (χ0v) is 15.4. The molecule has 2 N–H and O–H groups in total. The summed E-state index contributed by atoms with van der Waals surface area (Å²) in [4.78, 5) is 11.8. The number of hydrogen-bond donors (Lipinski definition) is 2. The van der Waals surface area contributed by atoms with E-state index in [9.17, 15) is 9.18 Å². The van der Waals surface area contributed by atoms with Crippen LogP contribution in [0, 0.1) is 5.82 Å². The second kappa shape index (κ2) is 8.70. The van der Waals surface area contributed by atoms with Crippen LogP contribution in [0.1, 0.15) is 5.76 Å². The van der Waals surface area contributed by atoms with Gasteiger partial charge in [-0.05, 0) is 54.6 Å². The molecule has 3 rings (SSSR count). The first kappa shape index (κ1) is 18.9. The van der Waals surface area contributed by atoms with Crippen LogP contribution in [0.25, 0.3) is 11.3 Å². The van der Waals surface area contributed by atoms with Crippen molar-refractivity contribution in [2.24, 2.45) is 5.10 Å². The second-order valence-corrected chi connectivity index (χ2v) is 6.32. The number of rotatable bonds is 6. The molecule has 1 aromatic heterocycles. The van der Waals surface area contributed by atoms with Gasteiger partial charge in [0.1, 0.15) is 17.3 Å². The molecule has 0 aliphatic rings. The maximum atomic E-state index is 12.8. The van der Waals surface area contributed by atoms with Gasteiger partial charge in [0.25, 0.3) is 5.91 Å².